The van der Waals surface area contributed by atoms with Gasteiger partial charge in [-0.2, -0.15) is 10.2 Å². The molecule has 1 aromatic heterocycles. The van der Waals surface area contributed by atoms with Gasteiger partial charge in [0.1, 0.15) is 0 Å². The number of carbonyl (C=O) groups is 1. The summed E-state index contributed by atoms with van der Waals surface area (Å²) in [5.41, 5.74) is 1.80. The molecule has 0 aliphatic carbocycles. The quantitative estimate of drug-likeness (QED) is 0.785. The van der Waals surface area contributed by atoms with E-state index in [0.717, 1.165) is 16.6 Å². The first-order valence-electron chi connectivity index (χ1n) is 6.13. The number of methoxy groups -OCH3 is 1. The fourth-order valence-electron chi connectivity index (χ4n) is 2.08. The maximum absolute atomic E-state index is 11.5. The predicted octanol–water partition coefficient (Wildman–Crippen LogP) is 1.88. The summed E-state index contributed by atoms with van der Waals surface area (Å²) < 4.78 is 4.74. The maximum atomic E-state index is 11.5. The molecule has 2 aromatic rings. The predicted molar refractivity (Wildman–Crippen MR) is 74.0 cm³/mol. The largest absolute Gasteiger partial charge is 0.469 e. The van der Waals surface area contributed by atoms with Crippen LogP contribution in [0.25, 0.3) is 10.9 Å². The van der Waals surface area contributed by atoms with Crippen LogP contribution in [0.1, 0.15) is 6.92 Å². The molecule has 100 valence electrons. The molecule has 5 heteroatoms. The smallest absolute Gasteiger partial charge is 0.310 e. The minimum absolute atomic E-state index is 0.193. The van der Waals surface area contributed by atoms with Crippen LogP contribution in [0.2, 0.25) is 0 Å². The third-order valence-corrected chi connectivity index (χ3v) is 3.09. The summed E-state index contributed by atoms with van der Waals surface area (Å²) in [6.45, 7) is 2.42. The molecule has 0 aliphatic heterocycles. The van der Waals surface area contributed by atoms with Gasteiger partial charge in [-0.3, -0.25) is 4.79 Å². The van der Waals surface area contributed by atoms with E-state index in [9.17, 15) is 4.79 Å². The summed E-state index contributed by atoms with van der Waals surface area (Å²) in [7, 11) is 3.34. The van der Waals surface area contributed by atoms with Crippen LogP contribution >= 0.6 is 0 Å². The van der Waals surface area contributed by atoms with E-state index in [1.807, 2.05) is 43.1 Å². The van der Waals surface area contributed by atoms with Crippen molar-refractivity contribution in [3.05, 3.63) is 30.5 Å². The Hall–Kier alpha value is -2.17. The molecule has 0 amide bonds. The zero-order chi connectivity index (χ0) is 13.8. The summed E-state index contributed by atoms with van der Waals surface area (Å²) in [6.07, 6.45) is 1.71. The van der Waals surface area contributed by atoms with Crippen molar-refractivity contribution in [2.24, 2.45) is 5.92 Å². The van der Waals surface area contributed by atoms with E-state index in [1.54, 1.807) is 6.20 Å². The van der Waals surface area contributed by atoms with Gasteiger partial charge in [-0.05, 0) is 6.07 Å². The minimum Gasteiger partial charge on any atom is -0.469 e. The number of ether oxygens (including phenoxy) is 1. The number of fused-ring (bicyclic) bond motifs is 1. The van der Waals surface area contributed by atoms with E-state index in [1.165, 1.54) is 7.11 Å². The van der Waals surface area contributed by atoms with E-state index >= 15 is 0 Å². The van der Waals surface area contributed by atoms with Gasteiger partial charge in [-0.15, -0.1) is 0 Å². The molecule has 1 aromatic carbocycles. The minimum atomic E-state index is -0.210. The van der Waals surface area contributed by atoms with E-state index in [2.05, 4.69) is 10.2 Å². The SMILES string of the molecule is COC(=O)C(C)CN(C)c1cnnc2ccccc12. The van der Waals surface area contributed by atoms with Gasteiger partial charge < -0.3 is 9.64 Å². The molecule has 1 atom stereocenters. The van der Waals surface area contributed by atoms with Crippen molar-refractivity contribution in [1.29, 1.82) is 0 Å². The van der Waals surface area contributed by atoms with Crippen molar-refractivity contribution in [2.75, 3.05) is 25.6 Å². The van der Waals surface area contributed by atoms with Gasteiger partial charge in [0, 0.05) is 19.0 Å². The Bertz CT molecular complexity index is 580. The highest BCUT2D eigenvalue weighted by molar-refractivity contribution is 5.90. The Morgan fingerprint density at radius 2 is 2.16 bits per heavy atom. The lowest BCUT2D eigenvalue weighted by molar-refractivity contribution is -0.144. The second-order valence-corrected chi connectivity index (χ2v) is 4.55. The molecule has 0 fully saturated rings. The van der Waals surface area contributed by atoms with Crippen LogP contribution in [0, 0.1) is 5.92 Å². The maximum Gasteiger partial charge on any atom is 0.310 e. The lowest BCUT2D eigenvalue weighted by Gasteiger charge is -2.22. The summed E-state index contributed by atoms with van der Waals surface area (Å²) in [5.74, 6) is -0.403. The third-order valence-electron chi connectivity index (χ3n) is 3.09. The van der Waals surface area contributed by atoms with E-state index in [4.69, 9.17) is 4.74 Å². The van der Waals surface area contributed by atoms with Crippen molar-refractivity contribution in [3.8, 4) is 0 Å². The van der Waals surface area contributed by atoms with Crippen LogP contribution in [0.5, 0.6) is 0 Å². The summed E-state index contributed by atoms with van der Waals surface area (Å²) in [6, 6.07) is 7.81. The molecule has 0 spiro atoms. The molecular formula is C14H17N3O2. The number of anilines is 1. The van der Waals surface area contributed by atoms with Crippen LogP contribution in [0.4, 0.5) is 5.69 Å². The zero-order valence-electron chi connectivity index (χ0n) is 11.3. The van der Waals surface area contributed by atoms with Crippen LogP contribution in [0.3, 0.4) is 0 Å². The van der Waals surface area contributed by atoms with Crippen molar-refractivity contribution >= 4 is 22.6 Å². The molecule has 0 aliphatic rings. The monoisotopic (exact) mass is 259 g/mol. The first kappa shape index (κ1) is 13.3. The number of aromatic nitrogens is 2. The highest BCUT2D eigenvalue weighted by Gasteiger charge is 2.17. The molecule has 5 nitrogen and oxygen atoms in total. The first-order chi connectivity index (χ1) is 9.13. The highest BCUT2D eigenvalue weighted by atomic mass is 16.5. The molecule has 1 unspecified atom stereocenters. The normalized spacial score (nSPS) is 12.2. The molecule has 0 saturated carbocycles. The Balaban J connectivity index is 2.26. The van der Waals surface area contributed by atoms with Gasteiger partial charge in [0.25, 0.3) is 0 Å². The topological polar surface area (TPSA) is 55.3 Å². The zero-order valence-corrected chi connectivity index (χ0v) is 11.3. The standard InChI is InChI=1S/C14H17N3O2/c1-10(14(18)19-3)9-17(2)13-8-15-16-12-7-5-4-6-11(12)13/h4-8,10H,9H2,1-3H3. The number of nitrogens with zero attached hydrogens (tertiary/aromatic N) is 3. The van der Waals surface area contributed by atoms with Crippen molar-refractivity contribution in [2.45, 2.75) is 6.92 Å². The van der Waals surface area contributed by atoms with Gasteiger partial charge in [-0.25, -0.2) is 0 Å². The summed E-state index contributed by atoms with van der Waals surface area (Å²) in [4.78, 5) is 13.5. The summed E-state index contributed by atoms with van der Waals surface area (Å²) >= 11 is 0. The lowest BCUT2D eigenvalue weighted by Crippen LogP contribution is -2.29. The molecule has 2 rings (SSSR count). The van der Waals surface area contributed by atoms with Crippen LogP contribution in [0.15, 0.2) is 30.5 Å². The number of esters is 1. The van der Waals surface area contributed by atoms with Gasteiger partial charge in [0.15, 0.2) is 0 Å². The van der Waals surface area contributed by atoms with Crippen LogP contribution in [-0.2, 0) is 9.53 Å². The molecule has 0 N–H and O–H groups in total. The number of benzene rings is 1. The van der Waals surface area contributed by atoms with Gasteiger partial charge >= 0.3 is 5.97 Å². The number of rotatable bonds is 4. The Morgan fingerprint density at radius 1 is 1.42 bits per heavy atom. The van der Waals surface area contributed by atoms with Crippen molar-refractivity contribution in [1.82, 2.24) is 10.2 Å². The molecule has 0 saturated heterocycles. The highest BCUT2D eigenvalue weighted by Crippen LogP contribution is 2.23. The average molecular weight is 259 g/mol. The van der Waals surface area contributed by atoms with Gasteiger partial charge in [0.2, 0.25) is 0 Å². The first-order valence-corrected chi connectivity index (χ1v) is 6.13. The molecule has 0 radical (unpaired) electrons. The fourth-order valence-corrected chi connectivity index (χ4v) is 2.08. The Morgan fingerprint density at radius 3 is 2.89 bits per heavy atom. The fraction of sp³-hybridized carbons (Fsp3) is 0.357. The number of hydrogen-bond donors (Lipinski definition) is 0. The van der Waals surface area contributed by atoms with Crippen LogP contribution in [-0.4, -0.2) is 36.9 Å². The van der Waals surface area contributed by atoms with Gasteiger partial charge in [-0.1, -0.05) is 25.1 Å². The van der Waals surface area contributed by atoms with Crippen LogP contribution < -0.4 is 4.90 Å². The van der Waals surface area contributed by atoms with Crippen molar-refractivity contribution in [3.63, 3.8) is 0 Å². The van der Waals surface area contributed by atoms with E-state index in [0.29, 0.717) is 6.54 Å². The van der Waals surface area contributed by atoms with E-state index < -0.39 is 0 Å². The second kappa shape index (κ2) is 5.65. The molecular weight excluding hydrogens is 242 g/mol. The third kappa shape index (κ3) is 2.81. The Labute approximate surface area is 112 Å². The molecule has 1 heterocycles. The average Bonchev–Trinajstić information content (AvgIpc) is 2.45. The second-order valence-electron chi connectivity index (χ2n) is 4.55. The molecule has 19 heavy (non-hydrogen) atoms. The van der Waals surface area contributed by atoms with Crippen molar-refractivity contribution < 1.29 is 9.53 Å². The Kier molecular flexibility index (Phi) is 3.94. The van der Waals surface area contributed by atoms with Gasteiger partial charge in [0.05, 0.1) is 30.4 Å². The number of hydrogen-bond acceptors (Lipinski definition) is 5. The lowest BCUT2D eigenvalue weighted by atomic mass is 10.1. The summed E-state index contributed by atoms with van der Waals surface area (Å²) in [5, 5.41) is 9.11. The molecule has 0 bridgehead atoms. The number of carbonyl (C=O) groups excluding carboxylic acids is 1. The van der Waals surface area contributed by atoms with E-state index in [-0.39, 0.29) is 11.9 Å².